The van der Waals surface area contributed by atoms with Crippen LogP contribution >= 0.6 is 0 Å². The predicted molar refractivity (Wildman–Crippen MR) is 64.2 cm³/mol. The summed E-state index contributed by atoms with van der Waals surface area (Å²) in [6.45, 7) is 12.9. The Bertz CT molecular complexity index is 175. The van der Waals surface area contributed by atoms with Gasteiger partial charge in [-0.1, -0.05) is 6.92 Å². The molecule has 1 heterocycles. The summed E-state index contributed by atoms with van der Waals surface area (Å²) in [6, 6.07) is 0. The molecule has 0 aliphatic carbocycles. The molecule has 0 aromatic rings. The summed E-state index contributed by atoms with van der Waals surface area (Å²) >= 11 is 0. The summed E-state index contributed by atoms with van der Waals surface area (Å²) in [7, 11) is 0. The fourth-order valence-corrected chi connectivity index (χ4v) is 2.09. The molecule has 1 rings (SSSR count). The summed E-state index contributed by atoms with van der Waals surface area (Å²) < 4.78 is 5.42. The monoisotopic (exact) mass is 214 g/mol. The lowest BCUT2D eigenvalue weighted by molar-refractivity contribution is 0.105. The highest BCUT2D eigenvalue weighted by atomic mass is 16.5. The van der Waals surface area contributed by atoms with Gasteiger partial charge >= 0.3 is 0 Å². The third kappa shape index (κ3) is 4.49. The first kappa shape index (κ1) is 12.9. The van der Waals surface area contributed by atoms with Gasteiger partial charge in [-0.3, -0.25) is 4.90 Å². The highest BCUT2D eigenvalue weighted by Crippen LogP contribution is 2.14. The second-order valence-corrected chi connectivity index (χ2v) is 4.67. The molecule has 0 aromatic carbocycles. The molecule has 1 unspecified atom stereocenters. The number of hydrogen-bond donors (Lipinski definition) is 1. The van der Waals surface area contributed by atoms with Gasteiger partial charge in [0.2, 0.25) is 0 Å². The van der Waals surface area contributed by atoms with Crippen molar-refractivity contribution in [1.29, 1.82) is 0 Å². The van der Waals surface area contributed by atoms with E-state index < -0.39 is 0 Å². The van der Waals surface area contributed by atoms with Gasteiger partial charge in [0.25, 0.3) is 0 Å². The van der Waals surface area contributed by atoms with Gasteiger partial charge in [-0.15, -0.1) is 0 Å². The van der Waals surface area contributed by atoms with E-state index in [1.165, 1.54) is 19.4 Å². The van der Waals surface area contributed by atoms with Gasteiger partial charge < -0.3 is 10.1 Å². The van der Waals surface area contributed by atoms with Crippen LogP contribution in [0.15, 0.2) is 0 Å². The maximum Gasteiger partial charge on any atom is 0.0593 e. The molecule has 0 radical (unpaired) electrons. The molecule has 0 bridgehead atoms. The lowest BCUT2D eigenvalue weighted by atomic mass is 9.99. The van der Waals surface area contributed by atoms with Crippen LogP contribution < -0.4 is 5.32 Å². The minimum Gasteiger partial charge on any atom is -0.380 e. The molecule has 0 aromatic heterocycles. The van der Waals surface area contributed by atoms with Crippen LogP contribution in [0.25, 0.3) is 0 Å². The van der Waals surface area contributed by atoms with Crippen LogP contribution in [0, 0.1) is 0 Å². The Balaban J connectivity index is 2.36. The summed E-state index contributed by atoms with van der Waals surface area (Å²) in [5.74, 6) is 0. The Morgan fingerprint density at radius 3 is 2.87 bits per heavy atom. The van der Waals surface area contributed by atoms with Crippen molar-refractivity contribution in [3.63, 3.8) is 0 Å². The smallest absolute Gasteiger partial charge is 0.0593 e. The van der Waals surface area contributed by atoms with Gasteiger partial charge in [0.1, 0.15) is 0 Å². The third-order valence-corrected chi connectivity index (χ3v) is 3.31. The molecule has 1 aliphatic heterocycles. The van der Waals surface area contributed by atoms with Crippen molar-refractivity contribution in [1.82, 2.24) is 10.2 Å². The number of rotatable bonds is 5. The van der Waals surface area contributed by atoms with Crippen LogP contribution in [0.3, 0.4) is 0 Å². The van der Waals surface area contributed by atoms with Gasteiger partial charge in [0.15, 0.2) is 0 Å². The van der Waals surface area contributed by atoms with Crippen molar-refractivity contribution < 1.29 is 4.74 Å². The van der Waals surface area contributed by atoms with E-state index in [4.69, 9.17) is 4.74 Å². The second-order valence-electron chi connectivity index (χ2n) is 4.67. The highest BCUT2D eigenvalue weighted by Gasteiger charge is 2.26. The van der Waals surface area contributed by atoms with E-state index in [0.717, 1.165) is 32.8 Å². The van der Waals surface area contributed by atoms with E-state index >= 15 is 0 Å². The molecule has 15 heavy (non-hydrogen) atoms. The molecule has 1 fully saturated rings. The van der Waals surface area contributed by atoms with Crippen molar-refractivity contribution in [2.75, 3.05) is 39.4 Å². The van der Waals surface area contributed by atoms with E-state index in [1.807, 2.05) is 0 Å². The Morgan fingerprint density at radius 2 is 2.20 bits per heavy atom. The maximum absolute atomic E-state index is 5.42. The zero-order valence-corrected chi connectivity index (χ0v) is 10.5. The Kier molecular flexibility index (Phi) is 5.58. The summed E-state index contributed by atoms with van der Waals surface area (Å²) in [5, 5.41) is 3.65. The molecular weight excluding hydrogens is 188 g/mol. The van der Waals surface area contributed by atoms with E-state index in [-0.39, 0.29) is 0 Å². The Hall–Kier alpha value is -0.120. The first-order chi connectivity index (χ1) is 7.20. The standard InChI is InChI=1S/C12H26N2O/c1-4-12(3)11-14(8-6-7-13-12)9-10-15-5-2/h13H,4-11H2,1-3H3. The van der Waals surface area contributed by atoms with Gasteiger partial charge in [-0.05, 0) is 39.8 Å². The largest absolute Gasteiger partial charge is 0.380 e. The van der Waals surface area contributed by atoms with Crippen LogP contribution in [-0.2, 0) is 4.74 Å². The van der Waals surface area contributed by atoms with Gasteiger partial charge in [-0.2, -0.15) is 0 Å². The van der Waals surface area contributed by atoms with Crippen LogP contribution in [0.2, 0.25) is 0 Å². The fourth-order valence-electron chi connectivity index (χ4n) is 2.09. The average molecular weight is 214 g/mol. The number of hydrogen-bond acceptors (Lipinski definition) is 3. The minimum atomic E-state index is 0.294. The van der Waals surface area contributed by atoms with Gasteiger partial charge in [0.05, 0.1) is 6.61 Å². The van der Waals surface area contributed by atoms with Crippen LogP contribution in [-0.4, -0.2) is 49.8 Å². The van der Waals surface area contributed by atoms with E-state index in [2.05, 4.69) is 31.0 Å². The van der Waals surface area contributed by atoms with Crippen LogP contribution in [0.5, 0.6) is 0 Å². The first-order valence-electron chi connectivity index (χ1n) is 6.25. The lowest BCUT2D eigenvalue weighted by Gasteiger charge is -2.32. The maximum atomic E-state index is 5.42. The Morgan fingerprint density at radius 1 is 1.40 bits per heavy atom. The normalized spacial score (nSPS) is 29.0. The molecule has 1 saturated heterocycles. The summed E-state index contributed by atoms with van der Waals surface area (Å²) in [6.07, 6.45) is 2.44. The third-order valence-electron chi connectivity index (χ3n) is 3.31. The minimum absolute atomic E-state index is 0.294. The zero-order valence-electron chi connectivity index (χ0n) is 10.5. The summed E-state index contributed by atoms with van der Waals surface area (Å²) in [5.41, 5.74) is 0.294. The fraction of sp³-hybridized carbons (Fsp3) is 1.00. The molecule has 3 heteroatoms. The van der Waals surface area contributed by atoms with Crippen molar-refractivity contribution in [3.8, 4) is 0 Å². The zero-order chi connectivity index (χ0) is 11.1. The lowest BCUT2D eigenvalue weighted by Crippen LogP contribution is -2.49. The predicted octanol–water partition coefficient (Wildman–Crippen LogP) is 1.49. The molecule has 90 valence electrons. The van der Waals surface area contributed by atoms with Crippen LogP contribution in [0.1, 0.15) is 33.6 Å². The molecular formula is C12H26N2O. The van der Waals surface area contributed by atoms with E-state index in [1.54, 1.807) is 0 Å². The molecule has 0 amide bonds. The number of nitrogens with one attached hydrogen (secondary N) is 1. The molecule has 1 aliphatic rings. The first-order valence-corrected chi connectivity index (χ1v) is 6.25. The van der Waals surface area contributed by atoms with Crippen LogP contribution in [0.4, 0.5) is 0 Å². The topological polar surface area (TPSA) is 24.5 Å². The second kappa shape index (κ2) is 6.46. The van der Waals surface area contributed by atoms with Crippen molar-refractivity contribution >= 4 is 0 Å². The molecule has 1 atom stereocenters. The van der Waals surface area contributed by atoms with E-state index in [0.29, 0.717) is 5.54 Å². The van der Waals surface area contributed by atoms with Crippen molar-refractivity contribution in [2.24, 2.45) is 0 Å². The summed E-state index contributed by atoms with van der Waals surface area (Å²) in [4.78, 5) is 2.53. The van der Waals surface area contributed by atoms with Gasteiger partial charge in [-0.25, -0.2) is 0 Å². The molecule has 1 N–H and O–H groups in total. The van der Waals surface area contributed by atoms with Crippen molar-refractivity contribution in [2.45, 2.75) is 39.2 Å². The number of ether oxygens (including phenoxy) is 1. The molecule has 0 saturated carbocycles. The Labute approximate surface area is 94.2 Å². The molecule has 3 nitrogen and oxygen atoms in total. The van der Waals surface area contributed by atoms with Crippen molar-refractivity contribution in [3.05, 3.63) is 0 Å². The van der Waals surface area contributed by atoms with E-state index in [9.17, 15) is 0 Å². The number of nitrogens with zero attached hydrogens (tertiary/aromatic N) is 1. The average Bonchev–Trinajstić information content (AvgIpc) is 2.42. The SMILES string of the molecule is CCOCCN1CCCNC(C)(CC)C1. The van der Waals surface area contributed by atoms with Gasteiger partial charge in [0, 0.05) is 25.2 Å². The quantitative estimate of drug-likeness (QED) is 0.702. The highest BCUT2D eigenvalue weighted by molar-refractivity contribution is 4.87. The molecule has 0 spiro atoms.